The number of alkyl halides is 3. The molecule has 2 aliphatic rings. The average molecular weight is 319 g/mol. The van der Waals surface area contributed by atoms with Crippen molar-refractivity contribution in [3.05, 3.63) is 29.8 Å². The van der Waals surface area contributed by atoms with Gasteiger partial charge in [0.15, 0.2) is 0 Å². The molecule has 1 fully saturated rings. The van der Waals surface area contributed by atoms with Crippen molar-refractivity contribution in [2.24, 2.45) is 0 Å². The van der Waals surface area contributed by atoms with Gasteiger partial charge in [0, 0.05) is 5.92 Å². The maximum Gasteiger partial charge on any atom is 0.516 e. The van der Waals surface area contributed by atoms with Crippen LogP contribution in [0.3, 0.4) is 0 Å². The van der Waals surface area contributed by atoms with Crippen LogP contribution in [0, 0.1) is 0 Å². The number of sulfonamides is 1. The van der Waals surface area contributed by atoms with Crippen LogP contribution in [0.5, 0.6) is 0 Å². The van der Waals surface area contributed by atoms with Crippen molar-refractivity contribution in [3.63, 3.8) is 0 Å². The highest BCUT2D eigenvalue weighted by molar-refractivity contribution is 7.93. The van der Waals surface area contributed by atoms with Crippen molar-refractivity contribution >= 4 is 15.7 Å². The van der Waals surface area contributed by atoms with Crippen LogP contribution in [0.4, 0.5) is 18.9 Å². The number of fused-ring (bicyclic) bond motifs is 3. The molecule has 1 aromatic rings. The van der Waals surface area contributed by atoms with Crippen LogP contribution in [0.15, 0.2) is 24.3 Å². The molecule has 0 radical (unpaired) electrons. The molecule has 2 atom stereocenters. The molecule has 0 amide bonds. The molecule has 1 aromatic carbocycles. The van der Waals surface area contributed by atoms with Crippen LogP contribution < -0.4 is 4.31 Å². The van der Waals surface area contributed by atoms with Crippen LogP contribution in [0.25, 0.3) is 0 Å². The van der Waals surface area contributed by atoms with Gasteiger partial charge >= 0.3 is 15.5 Å². The first-order valence-corrected chi connectivity index (χ1v) is 8.47. The smallest absolute Gasteiger partial charge is 0.259 e. The minimum absolute atomic E-state index is 0.124. The van der Waals surface area contributed by atoms with Crippen LogP contribution >= 0.6 is 0 Å². The second-order valence-corrected chi connectivity index (χ2v) is 7.42. The summed E-state index contributed by atoms with van der Waals surface area (Å²) < 4.78 is 63.6. The molecule has 7 heteroatoms. The third-order valence-corrected chi connectivity index (χ3v) is 5.98. The summed E-state index contributed by atoms with van der Waals surface area (Å²) in [5.41, 5.74) is -4.33. The van der Waals surface area contributed by atoms with Crippen molar-refractivity contribution in [2.75, 3.05) is 4.31 Å². The second-order valence-electron chi connectivity index (χ2n) is 5.62. The summed E-state index contributed by atoms with van der Waals surface area (Å²) in [6.07, 6.45) is 3.85. The van der Waals surface area contributed by atoms with Gasteiger partial charge in [0.2, 0.25) is 0 Å². The topological polar surface area (TPSA) is 37.4 Å². The van der Waals surface area contributed by atoms with Gasteiger partial charge in [-0.2, -0.15) is 21.6 Å². The number of hydrogen-bond acceptors (Lipinski definition) is 2. The summed E-state index contributed by atoms with van der Waals surface area (Å²) in [4.78, 5) is 0. The van der Waals surface area contributed by atoms with Crippen molar-refractivity contribution in [1.29, 1.82) is 0 Å². The summed E-state index contributed by atoms with van der Waals surface area (Å²) >= 11 is 0. The first-order valence-electron chi connectivity index (χ1n) is 7.03. The fraction of sp³-hybridized carbons (Fsp3) is 0.571. The molecule has 0 spiro atoms. The number of anilines is 1. The number of rotatable bonds is 1. The van der Waals surface area contributed by atoms with Gasteiger partial charge in [0.25, 0.3) is 0 Å². The summed E-state index contributed by atoms with van der Waals surface area (Å²) in [6, 6.07) is 5.97. The highest BCUT2D eigenvalue weighted by atomic mass is 32.2. The Morgan fingerprint density at radius 1 is 1.05 bits per heavy atom. The molecule has 116 valence electrons. The molecule has 3 rings (SSSR count). The van der Waals surface area contributed by atoms with Gasteiger partial charge in [-0.1, -0.05) is 37.5 Å². The standard InChI is InChI=1S/C14H16F3NO2S/c15-14(16,17)21(19,20)18-12-8-3-1-2-6-10(12)11-7-4-5-9-13(11)18/h4-5,7,9-10,12H,1-3,6,8H2/t10-,12+/m0/s1. The lowest BCUT2D eigenvalue weighted by atomic mass is 9.91. The maximum atomic E-state index is 13.0. The summed E-state index contributed by atoms with van der Waals surface area (Å²) in [5.74, 6) is -0.124. The first-order chi connectivity index (χ1) is 9.84. The van der Waals surface area contributed by atoms with Gasteiger partial charge in [-0.3, -0.25) is 4.31 Å². The fourth-order valence-corrected chi connectivity index (χ4v) is 4.79. The highest BCUT2D eigenvalue weighted by Crippen LogP contribution is 2.50. The molecule has 0 bridgehead atoms. The molecule has 0 unspecified atom stereocenters. The van der Waals surface area contributed by atoms with Crippen molar-refractivity contribution in [1.82, 2.24) is 0 Å². The van der Waals surface area contributed by atoms with Gasteiger partial charge in [-0.25, -0.2) is 0 Å². The molecule has 0 aromatic heterocycles. The zero-order chi connectivity index (χ0) is 15.3. The predicted octanol–water partition coefficient (Wildman–Crippen LogP) is 3.77. The largest absolute Gasteiger partial charge is 0.516 e. The van der Waals surface area contributed by atoms with E-state index in [1.807, 2.05) is 0 Å². The Morgan fingerprint density at radius 2 is 1.71 bits per heavy atom. The quantitative estimate of drug-likeness (QED) is 0.790. The number of benzene rings is 1. The third-order valence-electron chi connectivity index (χ3n) is 4.41. The van der Waals surface area contributed by atoms with Crippen LogP contribution in [-0.4, -0.2) is 20.0 Å². The van der Waals surface area contributed by atoms with E-state index in [0.717, 1.165) is 31.2 Å². The number of para-hydroxylation sites is 1. The predicted molar refractivity (Wildman–Crippen MR) is 73.5 cm³/mol. The maximum absolute atomic E-state index is 13.0. The zero-order valence-electron chi connectivity index (χ0n) is 11.3. The minimum atomic E-state index is -5.34. The van der Waals surface area contributed by atoms with E-state index < -0.39 is 21.6 Å². The third kappa shape index (κ3) is 2.22. The van der Waals surface area contributed by atoms with E-state index in [9.17, 15) is 21.6 Å². The monoisotopic (exact) mass is 319 g/mol. The van der Waals surface area contributed by atoms with Crippen LogP contribution in [0.2, 0.25) is 0 Å². The Kier molecular flexibility index (Phi) is 3.43. The van der Waals surface area contributed by atoms with E-state index in [2.05, 4.69) is 0 Å². The lowest BCUT2D eigenvalue weighted by molar-refractivity contribution is -0.0440. The van der Waals surface area contributed by atoms with Crippen molar-refractivity contribution in [3.8, 4) is 0 Å². The molecule has 1 aliphatic heterocycles. The molecule has 21 heavy (non-hydrogen) atoms. The summed E-state index contributed by atoms with van der Waals surface area (Å²) in [5, 5.41) is 0. The van der Waals surface area contributed by atoms with Gasteiger partial charge < -0.3 is 0 Å². The molecule has 3 nitrogen and oxygen atoms in total. The Bertz CT molecular complexity index is 642. The van der Waals surface area contributed by atoms with E-state index in [0.29, 0.717) is 10.7 Å². The van der Waals surface area contributed by atoms with Crippen molar-refractivity contribution in [2.45, 2.75) is 49.6 Å². The number of halogens is 3. The highest BCUT2D eigenvalue weighted by Gasteiger charge is 2.56. The Balaban J connectivity index is 2.15. The molecular formula is C14H16F3NO2S. The molecule has 1 saturated carbocycles. The Labute approximate surface area is 121 Å². The van der Waals surface area contributed by atoms with Gasteiger partial charge in [-0.05, 0) is 24.5 Å². The fourth-order valence-electron chi connectivity index (χ4n) is 3.53. The normalized spacial score (nSPS) is 26.1. The van der Waals surface area contributed by atoms with Crippen LogP contribution in [-0.2, 0) is 10.0 Å². The summed E-state index contributed by atoms with van der Waals surface area (Å²) in [7, 11) is -5.34. The number of hydrogen-bond donors (Lipinski definition) is 0. The molecule has 0 N–H and O–H groups in total. The SMILES string of the molecule is O=S(=O)(N1c2ccccc2[C@@H]2CCCCC[C@H]21)C(F)(F)F. The number of nitrogens with zero attached hydrogens (tertiary/aromatic N) is 1. The zero-order valence-corrected chi connectivity index (χ0v) is 12.1. The van der Waals surface area contributed by atoms with E-state index in [1.54, 1.807) is 18.2 Å². The van der Waals surface area contributed by atoms with Crippen molar-refractivity contribution < 1.29 is 21.6 Å². The lowest BCUT2D eigenvalue weighted by Crippen LogP contribution is -2.45. The molecular weight excluding hydrogens is 303 g/mol. The van der Waals surface area contributed by atoms with Gasteiger partial charge in [-0.15, -0.1) is 0 Å². The van der Waals surface area contributed by atoms with Crippen LogP contribution in [0.1, 0.15) is 43.6 Å². The van der Waals surface area contributed by atoms with E-state index >= 15 is 0 Å². The van der Waals surface area contributed by atoms with E-state index in [-0.39, 0.29) is 11.6 Å². The lowest BCUT2D eigenvalue weighted by Gasteiger charge is -2.29. The van der Waals surface area contributed by atoms with E-state index in [1.165, 1.54) is 6.07 Å². The molecule has 1 heterocycles. The molecule has 0 saturated heterocycles. The minimum Gasteiger partial charge on any atom is -0.259 e. The van der Waals surface area contributed by atoms with E-state index in [4.69, 9.17) is 0 Å². The Morgan fingerprint density at radius 3 is 2.43 bits per heavy atom. The Hall–Kier alpha value is -1.24. The van der Waals surface area contributed by atoms with Gasteiger partial charge in [0.1, 0.15) is 0 Å². The summed E-state index contributed by atoms with van der Waals surface area (Å²) in [6.45, 7) is 0. The first kappa shape index (κ1) is 14.7. The molecule has 1 aliphatic carbocycles. The van der Waals surface area contributed by atoms with Gasteiger partial charge in [0.05, 0.1) is 11.7 Å². The average Bonchev–Trinajstić information content (AvgIpc) is 2.56. The second kappa shape index (κ2) is 4.90.